The molecule has 0 saturated carbocycles. The van der Waals surface area contributed by atoms with Gasteiger partial charge in [-0.15, -0.1) is 11.3 Å². The molecular weight excluding hydrogens is 320 g/mol. The van der Waals surface area contributed by atoms with Crippen molar-refractivity contribution in [3.05, 3.63) is 39.8 Å². The van der Waals surface area contributed by atoms with Gasteiger partial charge in [-0.2, -0.15) is 0 Å². The van der Waals surface area contributed by atoms with Gasteiger partial charge in [0.2, 0.25) is 10.0 Å². The number of halogens is 2. The molecule has 0 fully saturated rings. The average molecular weight is 333 g/mol. The van der Waals surface area contributed by atoms with Crippen LogP contribution in [-0.4, -0.2) is 13.4 Å². The molecule has 1 aromatic heterocycles. The summed E-state index contributed by atoms with van der Waals surface area (Å²) in [5.41, 5.74) is 5.11. The van der Waals surface area contributed by atoms with Gasteiger partial charge in [-0.3, -0.25) is 0 Å². The van der Waals surface area contributed by atoms with Gasteiger partial charge in [0.05, 0.1) is 6.04 Å². The Morgan fingerprint density at radius 3 is 2.62 bits per heavy atom. The Kier molecular flexibility index (Phi) is 4.26. The second-order valence-corrected chi connectivity index (χ2v) is 7.02. The number of anilines is 1. The number of thiazole rings is 1. The zero-order valence-corrected chi connectivity index (χ0v) is 12.9. The van der Waals surface area contributed by atoms with Gasteiger partial charge in [0.25, 0.3) is 0 Å². The van der Waals surface area contributed by atoms with Gasteiger partial charge in [-0.1, -0.05) is 0 Å². The highest BCUT2D eigenvalue weighted by Crippen LogP contribution is 2.25. The van der Waals surface area contributed by atoms with Crippen LogP contribution in [0.1, 0.15) is 23.7 Å². The number of nitrogen functional groups attached to an aromatic ring is 1. The molecule has 0 aliphatic rings. The van der Waals surface area contributed by atoms with Crippen LogP contribution in [-0.2, 0) is 10.0 Å². The average Bonchev–Trinajstić information content (AvgIpc) is 2.82. The van der Waals surface area contributed by atoms with Crippen LogP contribution < -0.4 is 10.5 Å². The van der Waals surface area contributed by atoms with Crippen molar-refractivity contribution < 1.29 is 17.2 Å². The Bertz CT molecular complexity index is 775. The highest BCUT2D eigenvalue weighted by molar-refractivity contribution is 7.89. The normalized spacial score (nSPS) is 13.3. The van der Waals surface area contributed by atoms with E-state index < -0.39 is 38.3 Å². The van der Waals surface area contributed by atoms with Crippen molar-refractivity contribution in [1.82, 2.24) is 9.71 Å². The summed E-state index contributed by atoms with van der Waals surface area (Å²) in [6.45, 7) is 3.36. The standard InChI is InChI=1S/C12H13F2N3O2S2/c1-6-5-20-12(16-6)7(2)17-21(18,19)9-4-3-8(13)11(15)10(9)14/h3-5,7,17H,15H2,1-2H3. The summed E-state index contributed by atoms with van der Waals surface area (Å²) < 4.78 is 53.5. The first kappa shape index (κ1) is 15.8. The molecule has 0 aliphatic carbocycles. The Morgan fingerprint density at radius 1 is 1.38 bits per heavy atom. The van der Waals surface area contributed by atoms with Crippen molar-refractivity contribution >= 4 is 27.0 Å². The zero-order chi connectivity index (χ0) is 15.8. The minimum absolute atomic E-state index is 0.548. The molecule has 0 aliphatic heterocycles. The maximum Gasteiger partial charge on any atom is 0.244 e. The van der Waals surface area contributed by atoms with Gasteiger partial charge in [0.1, 0.15) is 21.4 Å². The second-order valence-electron chi connectivity index (χ2n) is 4.44. The van der Waals surface area contributed by atoms with Crippen LogP contribution in [0.3, 0.4) is 0 Å². The van der Waals surface area contributed by atoms with E-state index in [1.807, 2.05) is 0 Å². The molecule has 5 nitrogen and oxygen atoms in total. The zero-order valence-electron chi connectivity index (χ0n) is 11.2. The number of nitrogens with two attached hydrogens (primary N) is 1. The molecule has 0 amide bonds. The third kappa shape index (κ3) is 3.20. The summed E-state index contributed by atoms with van der Waals surface area (Å²) in [5.74, 6) is -2.31. The van der Waals surface area contributed by atoms with Crippen LogP contribution >= 0.6 is 11.3 Å². The monoisotopic (exact) mass is 333 g/mol. The van der Waals surface area contributed by atoms with Crippen LogP contribution in [0.15, 0.2) is 22.4 Å². The molecule has 2 aromatic rings. The van der Waals surface area contributed by atoms with Gasteiger partial charge in [0, 0.05) is 11.1 Å². The summed E-state index contributed by atoms with van der Waals surface area (Å²) in [6, 6.07) is 1.01. The van der Waals surface area contributed by atoms with Crippen LogP contribution in [0.4, 0.5) is 14.5 Å². The predicted molar refractivity (Wildman–Crippen MR) is 76.4 cm³/mol. The number of benzene rings is 1. The van der Waals surface area contributed by atoms with Crippen molar-refractivity contribution in [2.24, 2.45) is 0 Å². The van der Waals surface area contributed by atoms with Crippen LogP contribution in [0.25, 0.3) is 0 Å². The van der Waals surface area contributed by atoms with E-state index in [9.17, 15) is 17.2 Å². The molecule has 3 N–H and O–H groups in total. The largest absolute Gasteiger partial charge is 0.394 e. The van der Waals surface area contributed by atoms with E-state index in [1.54, 1.807) is 19.2 Å². The van der Waals surface area contributed by atoms with Crippen molar-refractivity contribution in [1.29, 1.82) is 0 Å². The molecule has 9 heteroatoms. The van der Waals surface area contributed by atoms with Crippen LogP contribution in [0, 0.1) is 18.6 Å². The fourth-order valence-corrected chi connectivity index (χ4v) is 3.85. The van der Waals surface area contributed by atoms with Crippen molar-refractivity contribution in [2.45, 2.75) is 24.8 Å². The maximum atomic E-state index is 13.8. The fraction of sp³-hybridized carbons (Fsp3) is 0.250. The van der Waals surface area contributed by atoms with Gasteiger partial charge in [-0.05, 0) is 26.0 Å². The summed E-state index contributed by atoms with van der Waals surface area (Å²) >= 11 is 1.29. The Morgan fingerprint density at radius 2 is 2.05 bits per heavy atom. The van der Waals surface area contributed by atoms with E-state index in [2.05, 4.69) is 9.71 Å². The first-order chi connectivity index (χ1) is 9.72. The molecule has 1 atom stereocenters. The molecule has 21 heavy (non-hydrogen) atoms. The van der Waals surface area contributed by atoms with Crippen molar-refractivity contribution in [2.75, 3.05) is 5.73 Å². The molecule has 1 unspecified atom stereocenters. The van der Waals surface area contributed by atoms with Gasteiger partial charge >= 0.3 is 0 Å². The van der Waals surface area contributed by atoms with E-state index in [4.69, 9.17) is 5.73 Å². The number of nitrogens with zero attached hydrogens (tertiary/aromatic N) is 1. The number of hydrogen-bond donors (Lipinski definition) is 2. The number of hydrogen-bond acceptors (Lipinski definition) is 5. The second kappa shape index (κ2) is 5.66. The quantitative estimate of drug-likeness (QED) is 0.841. The summed E-state index contributed by atoms with van der Waals surface area (Å²) in [6.07, 6.45) is 0. The van der Waals surface area contributed by atoms with E-state index >= 15 is 0 Å². The Labute approximate surface area is 124 Å². The van der Waals surface area contributed by atoms with E-state index in [0.29, 0.717) is 5.01 Å². The maximum absolute atomic E-state index is 13.8. The fourth-order valence-electron chi connectivity index (χ4n) is 1.67. The molecule has 0 bridgehead atoms. The molecular formula is C12H13F2N3O2S2. The number of sulfonamides is 1. The SMILES string of the molecule is Cc1csc(C(C)NS(=O)(=O)c2ccc(F)c(N)c2F)n1. The summed E-state index contributed by atoms with van der Waals surface area (Å²) in [4.78, 5) is 3.46. The van der Waals surface area contributed by atoms with Crippen LogP contribution in [0.2, 0.25) is 0 Å². The number of aromatic nitrogens is 1. The van der Waals surface area contributed by atoms with E-state index in [0.717, 1.165) is 17.8 Å². The lowest BCUT2D eigenvalue weighted by molar-refractivity contribution is 0.540. The van der Waals surface area contributed by atoms with Crippen molar-refractivity contribution in [3.63, 3.8) is 0 Å². The van der Waals surface area contributed by atoms with Crippen molar-refractivity contribution in [3.8, 4) is 0 Å². The topological polar surface area (TPSA) is 85.1 Å². The predicted octanol–water partition coefficient (Wildman–Crippen LogP) is 2.35. The molecule has 1 heterocycles. The first-order valence-corrected chi connectivity index (χ1v) is 8.26. The third-order valence-electron chi connectivity index (χ3n) is 2.72. The summed E-state index contributed by atoms with van der Waals surface area (Å²) in [5, 5.41) is 2.32. The Hall–Kier alpha value is -1.58. The molecule has 114 valence electrons. The molecule has 0 saturated heterocycles. The highest BCUT2D eigenvalue weighted by atomic mass is 32.2. The molecule has 0 radical (unpaired) electrons. The highest BCUT2D eigenvalue weighted by Gasteiger charge is 2.25. The van der Waals surface area contributed by atoms with Gasteiger partial charge in [-0.25, -0.2) is 26.9 Å². The lowest BCUT2D eigenvalue weighted by Gasteiger charge is -2.13. The molecule has 2 rings (SSSR count). The summed E-state index contributed by atoms with van der Waals surface area (Å²) in [7, 11) is -4.17. The smallest absolute Gasteiger partial charge is 0.244 e. The lowest BCUT2D eigenvalue weighted by atomic mass is 10.3. The van der Waals surface area contributed by atoms with Gasteiger partial charge < -0.3 is 5.73 Å². The number of nitrogens with one attached hydrogen (secondary N) is 1. The first-order valence-electron chi connectivity index (χ1n) is 5.90. The Balaban J connectivity index is 2.33. The van der Waals surface area contributed by atoms with Crippen LogP contribution in [0.5, 0.6) is 0 Å². The minimum atomic E-state index is -4.17. The minimum Gasteiger partial charge on any atom is -0.394 e. The van der Waals surface area contributed by atoms with Gasteiger partial charge in [0.15, 0.2) is 5.82 Å². The molecule has 0 spiro atoms. The molecule has 1 aromatic carbocycles. The van der Waals surface area contributed by atoms with E-state index in [-0.39, 0.29) is 0 Å². The third-order valence-corrected chi connectivity index (χ3v) is 5.42. The van der Waals surface area contributed by atoms with E-state index in [1.165, 1.54) is 11.3 Å². The number of aryl methyl sites for hydroxylation is 1. The number of rotatable bonds is 4. The lowest BCUT2D eigenvalue weighted by Crippen LogP contribution is -2.28.